The van der Waals surface area contributed by atoms with Crippen molar-refractivity contribution >= 4 is 0 Å². The molecule has 0 N–H and O–H groups in total. The van der Waals surface area contributed by atoms with Crippen molar-refractivity contribution in [3.8, 4) is 0 Å². The second-order valence-electron chi connectivity index (χ2n) is 4.56. The van der Waals surface area contributed by atoms with E-state index in [0.717, 1.165) is 6.42 Å². The van der Waals surface area contributed by atoms with Crippen molar-refractivity contribution in [2.75, 3.05) is 7.05 Å². The lowest BCUT2D eigenvalue weighted by molar-refractivity contribution is -0.209. The quantitative estimate of drug-likeness (QED) is 0.550. The van der Waals surface area contributed by atoms with Gasteiger partial charge in [0, 0.05) is 7.05 Å². The van der Waals surface area contributed by atoms with Gasteiger partial charge in [-0.1, -0.05) is 0 Å². The van der Waals surface area contributed by atoms with Crippen LogP contribution in [0, 0.1) is 0 Å². The van der Waals surface area contributed by atoms with Gasteiger partial charge in [-0.15, -0.1) is 0 Å². The molecule has 0 spiro atoms. The van der Waals surface area contributed by atoms with Crippen molar-refractivity contribution in [3.05, 3.63) is 0 Å². The van der Waals surface area contributed by atoms with Crippen LogP contribution in [0.5, 0.6) is 0 Å². The highest BCUT2D eigenvalue weighted by atomic mass is 16.8. The Morgan fingerprint density at radius 2 is 1.92 bits per heavy atom. The predicted octanol–water partition coefficient (Wildman–Crippen LogP) is 0.524. The molecule has 1 saturated carbocycles. The minimum absolute atomic E-state index is 0.149. The Kier molecular flexibility index (Phi) is 1.42. The molecule has 74 valence electrons. The maximum atomic E-state index is 5.83. The summed E-state index contributed by atoms with van der Waals surface area (Å²) in [6.45, 7) is 3.93. The first kappa shape index (κ1) is 8.17. The molecule has 3 fully saturated rings. The molecule has 4 nitrogen and oxygen atoms in total. The van der Waals surface area contributed by atoms with E-state index in [1.165, 1.54) is 0 Å². The normalized spacial score (nSPS) is 52.8. The molecule has 0 aromatic rings. The van der Waals surface area contributed by atoms with Crippen molar-refractivity contribution in [2.45, 2.75) is 50.4 Å². The average molecular weight is 185 g/mol. The molecule has 4 atom stereocenters. The van der Waals surface area contributed by atoms with Crippen LogP contribution in [-0.4, -0.2) is 42.3 Å². The number of hydrogen-bond donors (Lipinski definition) is 0. The molecular formula is C9H15NO3. The van der Waals surface area contributed by atoms with Gasteiger partial charge < -0.3 is 9.47 Å². The fourth-order valence-corrected chi connectivity index (χ4v) is 2.66. The fraction of sp³-hybridized carbons (Fsp3) is 1.00. The van der Waals surface area contributed by atoms with Crippen LogP contribution in [0.4, 0.5) is 0 Å². The highest BCUT2D eigenvalue weighted by Crippen LogP contribution is 2.45. The average Bonchev–Trinajstić information content (AvgIpc) is 2.56. The molecule has 0 unspecified atom stereocenters. The highest BCUT2D eigenvalue weighted by molar-refractivity contribution is 5.05. The summed E-state index contributed by atoms with van der Waals surface area (Å²) < 4.78 is 11.6. The molecule has 0 aromatic carbocycles. The van der Waals surface area contributed by atoms with E-state index >= 15 is 0 Å². The number of hydroxylamine groups is 2. The largest absolute Gasteiger partial charge is 0.343 e. The van der Waals surface area contributed by atoms with E-state index in [4.69, 9.17) is 14.3 Å². The summed E-state index contributed by atoms with van der Waals surface area (Å²) in [6, 6.07) is 0.386. The van der Waals surface area contributed by atoms with E-state index in [9.17, 15) is 0 Å². The van der Waals surface area contributed by atoms with Crippen LogP contribution in [0.25, 0.3) is 0 Å². The lowest BCUT2D eigenvalue weighted by Gasteiger charge is -2.28. The second-order valence-corrected chi connectivity index (χ2v) is 4.56. The zero-order chi connectivity index (χ0) is 9.22. The molecule has 0 amide bonds. The minimum Gasteiger partial charge on any atom is -0.343 e. The zero-order valence-corrected chi connectivity index (χ0v) is 8.19. The Hall–Kier alpha value is -0.160. The van der Waals surface area contributed by atoms with Gasteiger partial charge in [0.1, 0.15) is 18.3 Å². The second kappa shape index (κ2) is 2.25. The van der Waals surface area contributed by atoms with E-state index in [-0.39, 0.29) is 18.3 Å². The van der Waals surface area contributed by atoms with Crippen molar-refractivity contribution < 1.29 is 14.3 Å². The molecule has 1 aliphatic carbocycles. The number of fused-ring (bicyclic) bond motifs is 5. The van der Waals surface area contributed by atoms with Crippen molar-refractivity contribution in [3.63, 3.8) is 0 Å². The molecular weight excluding hydrogens is 170 g/mol. The van der Waals surface area contributed by atoms with Crippen LogP contribution in [-0.2, 0) is 14.3 Å². The van der Waals surface area contributed by atoms with E-state index in [1.54, 1.807) is 0 Å². The minimum atomic E-state index is -0.430. The number of hydrogen-bond acceptors (Lipinski definition) is 4. The molecule has 2 saturated heterocycles. The summed E-state index contributed by atoms with van der Waals surface area (Å²) in [5.74, 6) is -0.430. The third kappa shape index (κ3) is 1.00. The van der Waals surface area contributed by atoms with Crippen molar-refractivity contribution in [2.24, 2.45) is 0 Å². The van der Waals surface area contributed by atoms with E-state index in [1.807, 2.05) is 26.0 Å². The van der Waals surface area contributed by atoms with Crippen LogP contribution >= 0.6 is 0 Å². The highest BCUT2D eigenvalue weighted by Gasteiger charge is 2.60. The van der Waals surface area contributed by atoms with E-state index in [0.29, 0.717) is 6.04 Å². The zero-order valence-electron chi connectivity index (χ0n) is 8.19. The summed E-state index contributed by atoms with van der Waals surface area (Å²) in [5.41, 5.74) is 0. The molecule has 2 aliphatic heterocycles. The van der Waals surface area contributed by atoms with Gasteiger partial charge in [-0.2, -0.15) is 5.06 Å². The van der Waals surface area contributed by atoms with Gasteiger partial charge >= 0.3 is 0 Å². The third-order valence-corrected chi connectivity index (χ3v) is 3.15. The standard InChI is InChI=1S/C9H15NO3/c1-9(2)11-7-5-4-6(8(7)12-9)13-10(5)3/h5-8H,4H2,1-3H3/t5-,6+,7-,8+/m0/s1. The SMILES string of the molecule is CN1O[C@@H]2C[C@H]1[C@@H]1OC(C)(C)O[C@@H]12. The molecule has 4 heteroatoms. The van der Waals surface area contributed by atoms with Crippen LogP contribution in [0.15, 0.2) is 0 Å². The molecule has 0 aromatic heterocycles. The molecule has 0 radical (unpaired) electrons. The van der Waals surface area contributed by atoms with Crippen molar-refractivity contribution in [1.29, 1.82) is 0 Å². The first-order chi connectivity index (χ1) is 6.07. The van der Waals surface area contributed by atoms with Crippen LogP contribution < -0.4 is 0 Å². The Balaban J connectivity index is 1.87. The monoisotopic (exact) mass is 185 g/mol. The molecule has 3 aliphatic rings. The summed E-state index contributed by atoms with van der Waals surface area (Å²) in [7, 11) is 1.97. The maximum Gasteiger partial charge on any atom is 0.163 e. The smallest absolute Gasteiger partial charge is 0.163 e. The first-order valence-corrected chi connectivity index (χ1v) is 4.82. The molecule has 2 bridgehead atoms. The van der Waals surface area contributed by atoms with E-state index in [2.05, 4.69) is 0 Å². The van der Waals surface area contributed by atoms with Crippen LogP contribution in [0.3, 0.4) is 0 Å². The Bertz CT molecular complexity index is 243. The molecule has 13 heavy (non-hydrogen) atoms. The van der Waals surface area contributed by atoms with Gasteiger partial charge in [-0.3, -0.25) is 4.84 Å². The van der Waals surface area contributed by atoms with Gasteiger partial charge in [-0.25, -0.2) is 0 Å². The van der Waals surface area contributed by atoms with Gasteiger partial charge in [0.25, 0.3) is 0 Å². The maximum absolute atomic E-state index is 5.83. The van der Waals surface area contributed by atoms with Crippen molar-refractivity contribution in [1.82, 2.24) is 5.06 Å². The summed E-state index contributed by atoms with van der Waals surface area (Å²) in [5, 5.41) is 1.91. The lowest BCUT2D eigenvalue weighted by atomic mass is 10.2. The van der Waals surface area contributed by atoms with Gasteiger partial charge in [0.15, 0.2) is 5.79 Å². The summed E-state index contributed by atoms with van der Waals surface area (Å²) in [6.07, 6.45) is 1.61. The number of likely N-dealkylation sites (N-methyl/N-ethyl adjacent to an activating group) is 1. The molecule has 2 heterocycles. The number of ether oxygens (including phenoxy) is 2. The molecule has 3 rings (SSSR count). The fourth-order valence-electron chi connectivity index (χ4n) is 2.66. The van der Waals surface area contributed by atoms with E-state index < -0.39 is 5.79 Å². The Labute approximate surface area is 77.7 Å². The van der Waals surface area contributed by atoms with Gasteiger partial charge in [0.2, 0.25) is 0 Å². The summed E-state index contributed by atoms with van der Waals surface area (Å²) in [4.78, 5) is 5.60. The predicted molar refractivity (Wildman–Crippen MR) is 44.9 cm³/mol. The topological polar surface area (TPSA) is 30.9 Å². The first-order valence-electron chi connectivity index (χ1n) is 4.82. The van der Waals surface area contributed by atoms with Gasteiger partial charge in [0.05, 0.1) is 6.04 Å². The third-order valence-electron chi connectivity index (χ3n) is 3.15. The van der Waals surface area contributed by atoms with Gasteiger partial charge in [-0.05, 0) is 20.3 Å². The van der Waals surface area contributed by atoms with Crippen LogP contribution in [0.2, 0.25) is 0 Å². The Morgan fingerprint density at radius 1 is 1.23 bits per heavy atom. The van der Waals surface area contributed by atoms with Crippen LogP contribution in [0.1, 0.15) is 20.3 Å². The number of nitrogens with zero attached hydrogens (tertiary/aromatic N) is 1. The number of rotatable bonds is 0. The Morgan fingerprint density at radius 3 is 2.69 bits per heavy atom. The summed E-state index contributed by atoms with van der Waals surface area (Å²) >= 11 is 0. The lowest BCUT2D eigenvalue weighted by Crippen LogP contribution is -2.45.